The maximum Gasteiger partial charge on any atom is 0.337 e. The molecule has 0 bridgehead atoms. The van der Waals surface area contributed by atoms with Crippen LogP contribution < -0.4 is 10.6 Å². The minimum Gasteiger partial charge on any atom is -0.478 e. The molecule has 110 valence electrons. The molecule has 2 amide bonds. The molecule has 20 heavy (non-hydrogen) atoms. The zero-order chi connectivity index (χ0) is 15.5. The van der Waals surface area contributed by atoms with Gasteiger partial charge in [-0.05, 0) is 51.3 Å². The number of hydrogen-bond donors (Lipinski definition) is 3. The summed E-state index contributed by atoms with van der Waals surface area (Å²) in [6.45, 7) is 9.39. The summed E-state index contributed by atoms with van der Waals surface area (Å²) in [6, 6.07) is 2.99. The SMILES string of the molecule is CCC(C)(C)NC(=O)Nc1c(C)cc(C)cc1C(=O)O. The Hall–Kier alpha value is -2.04. The highest BCUT2D eigenvalue weighted by Gasteiger charge is 2.20. The Morgan fingerprint density at radius 3 is 2.35 bits per heavy atom. The van der Waals surface area contributed by atoms with Crippen molar-refractivity contribution in [1.82, 2.24) is 5.32 Å². The van der Waals surface area contributed by atoms with Gasteiger partial charge in [-0.25, -0.2) is 9.59 Å². The molecular weight excluding hydrogens is 256 g/mol. The summed E-state index contributed by atoms with van der Waals surface area (Å²) in [5, 5.41) is 14.7. The standard InChI is InChI=1S/C15H22N2O3/c1-6-15(4,5)17-14(20)16-12-10(3)7-9(2)8-11(12)13(18)19/h7-8H,6H2,1-5H3,(H,18,19)(H2,16,17,20). The van der Waals surface area contributed by atoms with E-state index in [1.54, 1.807) is 13.0 Å². The zero-order valence-corrected chi connectivity index (χ0v) is 12.6. The minimum atomic E-state index is -1.05. The molecule has 3 N–H and O–H groups in total. The predicted molar refractivity (Wildman–Crippen MR) is 79.4 cm³/mol. The Morgan fingerprint density at radius 1 is 1.25 bits per heavy atom. The average Bonchev–Trinajstić information content (AvgIpc) is 2.31. The van der Waals surface area contributed by atoms with Crippen molar-refractivity contribution in [3.8, 4) is 0 Å². The van der Waals surface area contributed by atoms with E-state index in [1.807, 2.05) is 33.8 Å². The van der Waals surface area contributed by atoms with Crippen molar-refractivity contribution in [2.45, 2.75) is 46.6 Å². The van der Waals surface area contributed by atoms with Gasteiger partial charge in [0.05, 0.1) is 11.3 Å². The lowest BCUT2D eigenvalue weighted by molar-refractivity contribution is 0.0698. The van der Waals surface area contributed by atoms with Crippen LogP contribution in [0.1, 0.15) is 48.7 Å². The van der Waals surface area contributed by atoms with E-state index in [-0.39, 0.29) is 11.1 Å². The molecule has 1 aromatic rings. The lowest BCUT2D eigenvalue weighted by Gasteiger charge is -2.25. The van der Waals surface area contributed by atoms with Gasteiger partial charge in [0, 0.05) is 5.54 Å². The lowest BCUT2D eigenvalue weighted by atomic mass is 10.0. The Balaban J connectivity index is 3.03. The highest BCUT2D eigenvalue weighted by molar-refractivity contribution is 6.01. The van der Waals surface area contributed by atoms with Gasteiger partial charge in [0.2, 0.25) is 0 Å². The van der Waals surface area contributed by atoms with Gasteiger partial charge in [-0.3, -0.25) is 0 Å². The smallest absolute Gasteiger partial charge is 0.337 e. The lowest BCUT2D eigenvalue weighted by Crippen LogP contribution is -2.45. The summed E-state index contributed by atoms with van der Waals surface area (Å²) in [6.07, 6.45) is 0.777. The second-order valence-corrected chi connectivity index (χ2v) is 5.63. The molecule has 0 aliphatic carbocycles. The molecule has 0 aromatic heterocycles. The van der Waals surface area contributed by atoms with E-state index < -0.39 is 12.0 Å². The number of hydrogen-bond acceptors (Lipinski definition) is 2. The number of nitrogens with one attached hydrogen (secondary N) is 2. The van der Waals surface area contributed by atoms with E-state index >= 15 is 0 Å². The van der Waals surface area contributed by atoms with Crippen molar-refractivity contribution in [3.05, 3.63) is 28.8 Å². The molecule has 0 unspecified atom stereocenters. The molecule has 0 atom stereocenters. The number of carboxylic acid groups (broad SMARTS) is 1. The number of carbonyl (C=O) groups is 2. The van der Waals surface area contributed by atoms with Crippen molar-refractivity contribution in [2.24, 2.45) is 0 Å². The van der Waals surface area contributed by atoms with E-state index in [2.05, 4.69) is 10.6 Å². The summed E-state index contributed by atoms with van der Waals surface area (Å²) < 4.78 is 0. The fraction of sp³-hybridized carbons (Fsp3) is 0.467. The van der Waals surface area contributed by atoms with Crippen molar-refractivity contribution in [1.29, 1.82) is 0 Å². The molecule has 1 rings (SSSR count). The van der Waals surface area contributed by atoms with Gasteiger partial charge in [0.1, 0.15) is 0 Å². The fourth-order valence-corrected chi connectivity index (χ4v) is 1.84. The van der Waals surface area contributed by atoms with Gasteiger partial charge in [-0.1, -0.05) is 13.0 Å². The number of carbonyl (C=O) groups excluding carboxylic acids is 1. The van der Waals surface area contributed by atoms with Crippen LogP contribution in [0.2, 0.25) is 0 Å². The van der Waals surface area contributed by atoms with Crippen molar-refractivity contribution in [2.75, 3.05) is 5.32 Å². The molecule has 0 saturated carbocycles. The van der Waals surface area contributed by atoms with Gasteiger partial charge >= 0.3 is 12.0 Å². The van der Waals surface area contributed by atoms with E-state index in [0.717, 1.165) is 17.5 Å². The predicted octanol–water partition coefficient (Wildman–Crippen LogP) is 3.31. The number of aromatic carboxylic acids is 1. The van der Waals surface area contributed by atoms with Crippen molar-refractivity contribution in [3.63, 3.8) is 0 Å². The molecule has 1 aromatic carbocycles. The van der Waals surface area contributed by atoms with E-state index in [9.17, 15) is 14.7 Å². The second kappa shape index (κ2) is 5.94. The quantitative estimate of drug-likeness (QED) is 0.790. The van der Waals surface area contributed by atoms with Crippen molar-refractivity contribution < 1.29 is 14.7 Å². The monoisotopic (exact) mass is 278 g/mol. The highest BCUT2D eigenvalue weighted by atomic mass is 16.4. The van der Waals surface area contributed by atoms with E-state index in [0.29, 0.717) is 5.69 Å². The van der Waals surface area contributed by atoms with Crippen molar-refractivity contribution >= 4 is 17.7 Å². The summed E-state index contributed by atoms with van der Waals surface area (Å²) in [4.78, 5) is 23.3. The average molecular weight is 278 g/mol. The van der Waals surface area contributed by atoms with Crippen LogP contribution in [0.3, 0.4) is 0 Å². The molecule has 0 radical (unpaired) electrons. The first-order valence-electron chi connectivity index (χ1n) is 6.60. The van der Waals surface area contributed by atoms with Crippen LogP contribution in [0.4, 0.5) is 10.5 Å². The largest absolute Gasteiger partial charge is 0.478 e. The van der Waals surface area contributed by atoms with Crippen LogP contribution in [-0.2, 0) is 0 Å². The van der Waals surface area contributed by atoms with Gasteiger partial charge in [-0.2, -0.15) is 0 Å². The summed E-state index contributed by atoms with van der Waals surface area (Å²) in [5.41, 5.74) is 1.68. The van der Waals surface area contributed by atoms with E-state index in [1.165, 1.54) is 0 Å². The van der Waals surface area contributed by atoms with Crippen LogP contribution in [0, 0.1) is 13.8 Å². The number of anilines is 1. The minimum absolute atomic E-state index is 0.104. The van der Waals surface area contributed by atoms with E-state index in [4.69, 9.17) is 0 Å². The number of carboxylic acids is 1. The maximum atomic E-state index is 12.0. The van der Waals surface area contributed by atoms with Gasteiger partial charge in [0.25, 0.3) is 0 Å². The van der Waals surface area contributed by atoms with Crippen LogP contribution in [-0.4, -0.2) is 22.6 Å². The first kappa shape index (κ1) is 16.0. The molecule has 0 aliphatic rings. The third kappa shape index (κ3) is 3.98. The maximum absolute atomic E-state index is 12.0. The topological polar surface area (TPSA) is 78.4 Å². The van der Waals surface area contributed by atoms with Crippen LogP contribution in [0.5, 0.6) is 0 Å². The van der Waals surface area contributed by atoms with Crippen LogP contribution in [0.15, 0.2) is 12.1 Å². The Morgan fingerprint density at radius 2 is 1.85 bits per heavy atom. The van der Waals surface area contributed by atoms with Crippen LogP contribution >= 0.6 is 0 Å². The molecular formula is C15H22N2O3. The molecule has 0 spiro atoms. The Bertz CT molecular complexity index is 536. The number of rotatable bonds is 4. The molecule has 0 saturated heterocycles. The number of aryl methyl sites for hydroxylation is 2. The first-order valence-corrected chi connectivity index (χ1v) is 6.60. The van der Waals surface area contributed by atoms with Gasteiger partial charge < -0.3 is 15.7 Å². The molecule has 0 heterocycles. The zero-order valence-electron chi connectivity index (χ0n) is 12.6. The molecule has 5 heteroatoms. The third-order valence-electron chi connectivity index (χ3n) is 3.28. The molecule has 0 fully saturated rings. The van der Waals surface area contributed by atoms with Gasteiger partial charge in [-0.15, -0.1) is 0 Å². The first-order chi connectivity index (χ1) is 9.16. The third-order valence-corrected chi connectivity index (χ3v) is 3.28. The highest BCUT2D eigenvalue weighted by Crippen LogP contribution is 2.23. The summed E-state index contributed by atoms with van der Waals surface area (Å²) >= 11 is 0. The summed E-state index contributed by atoms with van der Waals surface area (Å²) in [5.74, 6) is -1.05. The normalized spacial score (nSPS) is 11.1. The van der Waals surface area contributed by atoms with Crippen LogP contribution in [0.25, 0.3) is 0 Å². The fourth-order valence-electron chi connectivity index (χ4n) is 1.84. The van der Waals surface area contributed by atoms with Gasteiger partial charge in [0.15, 0.2) is 0 Å². The Labute approximate surface area is 119 Å². The number of urea groups is 1. The molecule has 0 aliphatic heterocycles. The Kier molecular flexibility index (Phi) is 4.76. The number of amides is 2. The second-order valence-electron chi connectivity index (χ2n) is 5.63. The number of benzene rings is 1. The molecule has 5 nitrogen and oxygen atoms in total. The summed E-state index contributed by atoms with van der Waals surface area (Å²) in [7, 11) is 0.